The molecule has 0 aliphatic carbocycles. The predicted octanol–water partition coefficient (Wildman–Crippen LogP) is 3.95. The van der Waals surface area contributed by atoms with E-state index in [9.17, 15) is 9.18 Å². The summed E-state index contributed by atoms with van der Waals surface area (Å²) < 4.78 is 23.6. The van der Waals surface area contributed by atoms with Gasteiger partial charge in [-0.3, -0.25) is 4.79 Å². The number of benzene rings is 2. The summed E-state index contributed by atoms with van der Waals surface area (Å²) in [6.45, 7) is 2.00. The number of nitrogens with one attached hydrogen (secondary N) is 1. The van der Waals surface area contributed by atoms with E-state index in [4.69, 9.17) is 9.26 Å². The van der Waals surface area contributed by atoms with Crippen LogP contribution in [0.15, 0.2) is 59.1 Å². The topological polar surface area (TPSA) is 64.4 Å². The number of halogens is 1. The van der Waals surface area contributed by atoms with Gasteiger partial charge in [-0.05, 0) is 36.8 Å². The average Bonchev–Trinajstić information content (AvgIpc) is 3.00. The molecule has 3 aromatic rings. The summed E-state index contributed by atoms with van der Waals surface area (Å²) in [4.78, 5) is 12.0. The Morgan fingerprint density at radius 3 is 2.79 bits per heavy atom. The Morgan fingerprint density at radius 1 is 1.21 bits per heavy atom. The van der Waals surface area contributed by atoms with Crippen LogP contribution in [0.3, 0.4) is 0 Å². The van der Waals surface area contributed by atoms with Crippen LogP contribution in [0.2, 0.25) is 0 Å². The predicted molar refractivity (Wildman–Crippen MR) is 86.4 cm³/mol. The van der Waals surface area contributed by atoms with E-state index >= 15 is 0 Å². The molecule has 122 valence electrons. The highest BCUT2D eigenvalue weighted by Gasteiger charge is 2.11. The van der Waals surface area contributed by atoms with Gasteiger partial charge in [0.2, 0.25) is 5.76 Å². The number of ether oxygens (including phenoxy) is 1. The van der Waals surface area contributed by atoms with Gasteiger partial charge in [-0.15, -0.1) is 0 Å². The number of aryl methyl sites for hydroxylation is 1. The summed E-state index contributed by atoms with van der Waals surface area (Å²) in [5, 5.41) is 6.41. The Kier molecular flexibility index (Phi) is 4.56. The average molecular weight is 326 g/mol. The molecule has 0 aliphatic heterocycles. The summed E-state index contributed by atoms with van der Waals surface area (Å²) in [7, 11) is 0. The zero-order valence-electron chi connectivity index (χ0n) is 13.0. The van der Waals surface area contributed by atoms with E-state index in [-0.39, 0.29) is 24.1 Å². The lowest BCUT2D eigenvalue weighted by Crippen LogP contribution is -2.11. The van der Waals surface area contributed by atoms with Crippen LogP contribution in [0.5, 0.6) is 5.75 Å². The third-order valence-corrected chi connectivity index (χ3v) is 3.24. The molecule has 0 fully saturated rings. The second-order valence-electron chi connectivity index (χ2n) is 5.23. The molecular formula is C18H15FN2O3. The molecule has 3 rings (SSSR count). The highest BCUT2D eigenvalue weighted by molar-refractivity contribution is 6.02. The van der Waals surface area contributed by atoms with Crippen molar-refractivity contribution >= 4 is 11.6 Å². The second kappa shape index (κ2) is 6.95. The summed E-state index contributed by atoms with van der Waals surface area (Å²) in [5.41, 5.74) is 2.08. The Bertz CT molecular complexity index is 861. The lowest BCUT2D eigenvalue weighted by molar-refractivity contribution is 0.0988. The van der Waals surface area contributed by atoms with E-state index in [1.54, 1.807) is 43.3 Å². The molecule has 1 N–H and O–H groups in total. The van der Waals surface area contributed by atoms with Gasteiger partial charge in [0.25, 0.3) is 5.91 Å². The number of hydrogen-bond acceptors (Lipinski definition) is 4. The third kappa shape index (κ3) is 3.98. The number of amides is 1. The first kappa shape index (κ1) is 15.7. The SMILES string of the molecule is Cc1cc(C(=O)Nc2cccc(COc3cccc(F)c3)c2)on1. The van der Waals surface area contributed by atoms with Gasteiger partial charge < -0.3 is 14.6 Å². The van der Waals surface area contributed by atoms with Crippen molar-refractivity contribution in [3.05, 3.63) is 77.4 Å². The van der Waals surface area contributed by atoms with Crippen LogP contribution in [-0.4, -0.2) is 11.1 Å². The van der Waals surface area contributed by atoms with Crippen LogP contribution in [0.4, 0.5) is 10.1 Å². The molecule has 0 saturated heterocycles. The molecule has 5 nitrogen and oxygen atoms in total. The van der Waals surface area contributed by atoms with E-state index in [1.807, 2.05) is 6.07 Å². The number of aromatic nitrogens is 1. The number of carbonyl (C=O) groups excluding carboxylic acids is 1. The standard InChI is InChI=1S/C18H15FN2O3/c1-12-8-17(24-21-12)18(22)20-15-6-2-4-13(9-15)11-23-16-7-3-5-14(19)10-16/h2-10H,11H2,1H3,(H,20,22). The van der Waals surface area contributed by atoms with Crippen molar-refractivity contribution < 1.29 is 18.4 Å². The van der Waals surface area contributed by atoms with Crippen molar-refractivity contribution in [3.8, 4) is 5.75 Å². The van der Waals surface area contributed by atoms with Crippen LogP contribution >= 0.6 is 0 Å². The Hall–Kier alpha value is -3.15. The van der Waals surface area contributed by atoms with Crippen LogP contribution < -0.4 is 10.1 Å². The molecular weight excluding hydrogens is 311 g/mol. The largest absolute Gasteiger partial charge is 0.489 e. The van der Waals surface area contributed by atoms with Gasteiger partial charge in [0.1, 0.15) is 18.2 Å². The van der Waals surface area contributed by atoms with Crippen molar-refractivity contribution in [3.63, 3.8) is 0 Å². The normalized spacial score (nSPS) is 10.4. The van der Waals surface area contributed by atoms with Gasteiger partial charge in [0, 0.05) is 17.8 Å². The Morgan fingerprint density at radius 2 is 2.04 bits per heavy atom. The van der Waals surface area contributed by atoms with Crippen molar-refractivity contribution in [2.45, 2.75) is 13.5 Å². The summed E-state index contributed by atoms with van der Waals surface area (Å²) in [6.07, 6.45) is 0. The minimum Gasteiger partial charge on any atom is -0.489 e. The van der Waals surface area contributed by atoms with Crippen LogP contribution in [0.1, 0.15) is 21.8 Å². The highest BCUT2D eigenvalue weighted by Crippen LogP contribution is 2.17. The summed E-state index contributed by atoms with van der Waals surface area (Å²) in [6, 6.07) is 14.7. The van der Waals surface area contributed by atoms with Gasteiger partial charge in [-0.25, -0.2) is 4.39 Å². The fraction of sp³-hybridized carbons (Fsp3) is 0.111. The van der Waals surface area contributed by atoms with Crippen molar-refractivity contribution in [2.75, 3.05) is 5.32 Å². The lowest BCUT2D eigenvalue weighted by atomic mass is 10.2. The fourth-order valence-corrected chi connectivity index (χ4v) is 2.13. The number of hydrogen-bond donors (Lipinski definition) is 1. The van der Waals surface area contributed by atoms with Crippen LogP contribution in [0.25, 0.3) is 0 Å². The Balaban J connectivity index is 1.64. The van der Waals surface area contributed by atoms with E-state index in [0.29, 0.717) is 17.1 Å². The van der Waals surface area contributed by atoms with E-state index in [0.717, 1.165) is 5.56 Å². The first-order chi connectivity index (χ1) is 11.6. The second-order valence-corrected chi connectivity index (χ2v) is 5.23. The smallest absolute Gasteiger partial charge is 0.294 e. The maximum Gasteiger partial charge on any atom is 0.294 e. The zero-order valence-corrected chi connectivity index (χ0v) is 13.0. The van der Waals surface area contributed by atoms with E-state index in [1.165, 1.54) is 12.1 Å². The summed E-state index contributed by atoms with van der Waals surface area (Å²) in [5.74, 6) is -0.134. The molecule has 0 radical (unpaired) electrons. The van der Waals surface area contributed by atoms with Gasteiger partial charge in [0.05, 0.1) is 5.69 Å². The number of anilines is 1. The van der Waals surface area contributed by atoms with Gasteiger partial charge in [0.15, 0.2) is 0 Å². The molecule has 0 atom stereocenters. The molecule has 1 aromatic heterocycles. The molecule has 0 aliphatic rings. The maximum absolute atomic E-state index is 13.1. The first-order valence-corrected chi connectivity index (χ1v) is 7.32. The molecule has 0 spiro atoms. The van der Waals surface area contributed by atoms with E-state index < -0.39 is 0 Å². The Labute approximate surface area is 138 Å². The zero-order chi connectivity index (χ0) is 16.9. The minimum atomic E-state index is -0.376. The molecule has 2 aromatic carbocycles. The number of rotatable bonds is 5. The summed E-state index contributed by atoms with van der Waals surface area (Å²) >= 11 is 0. The van der Waals surface area contributed by atoms with Crippen molar-refractivity contribution in [1.82, 2.24) is 5.16 Å². The lowest BCUT2D eigenvalue weighted by Gasteiger charge is -2.08. The molecule has 0 bridgehead atoms. The van der Waals surface area contributed by atoms with Crippen LogP contribution in [0, 0.1) is 12.7 Å². The maximum atomic E-state index is 13.1. The van der Waals surface area contributed by atoms with Crippen LogP contribution in [-0.2, 0) is 6.61 Å². The number of carbonyl (C=O) groups is 1. The quantitative estimate of drug-likeness (QED) is 0.771. The molecule has 1 heterocycles. The minimum absolute atomic E-state index is 0.147. The fourth-order valence-electron chi connectivity index (χ4n) is 2.13. The molecule has 0 saturated carbocycles. The molecule has 6 heteroatoms. The molecule has 1 amide bonds. The monoisotopic (exact) mass is 326 g/mol. The van der Waals surface area contributed by atoms with Gasteiger partial charge in [-0.1, -0.05) is 23.4 Å². The van der Waals surface area contributed by atoms with Crippen molar-refractivity contribution in [1.29, 1.82) is 0 Å². The van der Waals surface area contributed by atoms with Crippen molar-refractivity contribution in [2.24, 2.45) is 0 Å². The first-order valence-electron chi connectivity index (χ1n) is 7.32. The molecule has 24 heavy (non-hydrogen) atoms. The molecule has 0 unspecified atom stereocenters. The third-order valence-electron chi connectivity index (χ3n) is 3.24. The van der Waals surface area contributed by atoms with Gasteiger partial charge >= 0.3 is 0 Å². The van der Waals surface area contributed by atoms with Gasteiger partial charge in [-0.2, -0.15) is 0 Å². The van der Waals surface area contributed by atoms with E-state index in [2.05, 4.69) is 10.5 Å². The number of nitrogens with zero attached hydrogens (tertiary/aromatic N) is 1. The highest BCUT2D eigenvalue weighted by atomic mass is 19.1.